The Hall–Kier alpha value is -5.05. The Morgan fingerprint density at radius 1 is 0.905 bits per heavy atom. The Bertz CT molecular complexity index is 2240. The molecule has 9 heteroatoms. The molecule has 1 aliphatic carbocycles. The van der Waals surface area contributed by atoms with Crippen molar-refractivity contribution in [3.63, 3.8) is 0 Å². The monoisotopic (exact) mass is 857 g/mol. The van der Waals surface area contributed by atoms with Crippen molar-refractivity contribution in [1.82, 2.24) is 5.32 Å². The maximum Gasteiger partial charge on any atom is 0.321 e. The number of aliphatic hydroxyl groups excluding tert-OH is 1. The molecule has 0 saturated carbocycles. The Morgan fingerprint density at radius 3 is 2.27 bits per heavy atom. The molecular formula is C54H72N4O5. The van der Waals surface area contributed by atoms with Gasteiger partial charge in [0.25, 0.3) is 0 Å². The van der Waals surface area contributed by atoms with Crippen molar-refractivity contribution in [3.8, 4) is 0 Å². The highest BCUT2D eigenvalue weighted by molar-refractivity contribution is 6.24. The summed E-state index contributed by atoms with van der Waals surface area (Å²) in [4.78, 5) is 42.2. The van der Waals surface area contributed by atoms with Crippen LogP contribution in [0, 0.1) is 35.5 Å². The van der Waals surface area contributed by atoms with Gasteiger partial charge in [-0.15, -0.1) is 0 Å². The smallest absolute Gasteiger partial charge is 0.321 e. The predicted octanol–water partition coefficient (Wildman–Crippen LogP) is 12.6. The number of nitrogens with one attached hydrogen (secondary N) is 1. The summed E-state index contributed by atoms with van der Waals surface area (Å²) in [5, 5.41) is 15.5. The van der Waals surface area contributed by atoms with E-state index in [-0.39, 0.29) is 36.6 Å². The van der Waals surface area contributed by atoms with E-state index in [0.29, 0.717) is 29.0 Å². The Morgan fingerprint density at radius 2 is 1.60 bits per heavy atom. The van der Waals surface area contributed by atoms with E-state index in [2.05, 4.69) is 72.5 Å². The first-order valence-corrected chi connectivity index (χ1v) is 23.7. The molecule has 1 fully saturated rings. The summed E-state index contributed by atoms with van der Waals surface area (Å²) in [5.74, 6) is -0.0115. The molecule has 0 aromatic heterocycles. The van der Waals surface area contributed by atoms with Gasteiger partial charge in [0.05, 0.1) is 41.3 Å². The molecular weight excluding hydrogens is 785 g/mol. The lowest BCUT2D eigenvalue weighted by molar-refractivity contribution is -0.144. The maximum atomic E-state index is 13.6. The SMILES string of the molecule is C=CC1=C(C)C2=NC1=CC1=NC(=CC3=C(C)C4=C(O)C(C(=O)OC)C(=C5NC(=C2)C(C)C5CCC(=O)OC/C=C(\C)CCCC(C)CCCC(C)CCCC(C)C)C4=N3)C(CC)=C1. The number of fused-ring (bicyclic) bond motifs is 5. The molecule has 0 aromatic rings. The van der Waals surface area contributed by atoms with E-state index in [1.165, 1.54) is 57.6 Å². The fraction of sp³-hybridized carbons (Fsp3) is 0.537. The van der Waals surface area contributed by atoms with Crippen molar-refractivity contribution in [2.45, 2.75) is 139 Å². The lowest BCUT2D eigenvalue weighted by atomic mass is 9.84. The second-order valence-corrected chi connectivity index (χ2v) is 19.1. The van der Waals surface area contributed by atoms with Gasteiger partial charge >= 0.3 is 11.9 Å². The first kappa shape index (κ1) is 47.4. The van der Waals surface area contributed by atoms with Gasteiger partial charge in [-0.25, -0.2) is 15.0 Å². The van der Waals surface area contributed by atoms with E-state index >= 15 is 0 Å². The van der Waals surface area contributed by atoms with Gasteiger partial charge in [-0.3, -0.25) is 9.59 Å². The number of methoxy groups -OCH3 is 1. The van der Waals surface area contributed by atoms with Crippen LogP contribution in [0.3, 0.4) is 0 Å². The van der Waals surface area contributed by atoms with E-state index in [1.54, 1.807) is 0 Å². The first-order chi connectivity index (χ1) is 30.1. The third kappa shape index (κ3) is 10.8. The van der Waals surface area contributed by atoms with Gasteiger partial charge in [-0.2, -0.15) is 0 Å². The van der Waals surface area contributed by atoms with Crippen LogP contribution in [0.2, 0.25) is 0 Å². The lowest BCUT2D eigenvalue weighted by Gasteiger charge is -2.20. The number of rotatable bonds is 20. The summed E-state index contributed by atoms with van der Waals surface area (Å²) < 4.78 is 11.1. The zero-order valence-corrected chi connectivity index (χ0v) is 39.7. The molecule has 5 atom stereocenters. The number of allylic oxidation sites excluding steroid dienone is 12. The second kappa shape index (κ2) is 21.1. The molecule has 0 spiro atoms. The fourth-order valence-electron chi connectivity index (χ4n) is 9.86. The van der Waals surface area contributed by atoms with E-state index in [9.17, 15) is 14.7 Å². The molecule has 0 aromatic carbocycles. The topological polar surface area (TPSA) is 122 Å². The standard InChI is InChI=1S/C54H72N4O5/c1-12-38-27-39-28-46-40(13-2)35(8)42(56-46)29-43-36(9)41(51(57-43)49-50(54(61)62-11)53(60)48-37(10)44(58-52(48)49)30-45(38)55-39)23-24-47(59)63-26-25-34(7)22-16-21-33(6)20-15-19-32(5)18-14-17-31(3)4/h13,25,27-33,36,41,50,57,60H,2,12,14-24,26H2,1,3-11H3/b34-25+,43-29?,45-30?,46-28?,51-49?. The third-order valence-electron chi connectivity index (χ3n) is 13.9. The second-order valence-electron chi connectivity index (χ2n) is 19.1. The molecule has 8 bridgehead atoms. The van der Waals surface area contributed by atoms with Crippen molar-refractivity contribution in [3.05, 3.63) is 116 Å². The highest BCUT2D eigenvalue weighted by atomic mass is 16.5. The number of carbonyl (C=O) groups is 2. The maximum absolute atomic E-state index is 13.6. The summed E-state index contributed by atoms with van der Waals surface area (Å²) in [6.07, 6.45) is 24.7. The minimum atomic E-state index is -1.07. The van der Waals surface area contributed by atoms with Gasteiger partial charge in [0.15, 0.2) is 0 Å². The number of hydrogen-bond acceptors (Lipinski definition) is 9. The van der Waals surface area contributed by atoms with Gasteiger partial charge in [-0.05, 0) is 111 Å². The molecule has 6 rings (SSSR count). The molecule has 5 heterocycles. The summed E-state index contributed by atoms with van der Waals surface area (Å²) >= 11 is 0. The van der Waals surface area contributed by atoms with Gasteiger partial charge in [0, 0.05) is 46.4 Å². The minimum absolute atomic E-state index is 0.0849. The van der Waals surface area contributed by atoms with E-state index < -0.39 is 11.9 Å². The Labute approximate surface area is 377 Å². The molecule has 9 nitrogen and oxygen atoms in total. The molecule has 6 aliphatic rings. The molecule has 2 N–H and O–H groups in total. The molecule has 63 heavy (non-hydrogen) atoms. The molecule has 0 radical (unpaired) electrons. The summed E-state index contributed by atoms with van der Waals surface area (Å²) in [5.41, 5.74) is 12.1. The van der Waals surface area contributed by atoms with Crippen LogP contribution in [0.15, 0.2) is 131 Å². The predicted molar refractivity (Wildman–Crippen MR) is 257 cm³/mol. The normalized spacial score (nSPS) is 22.7. The molecule has 5 unspecified atom stereocenters. The number of nitrogens with zero attached hydrogens (tertiary/aromatic N) is 3. The minimum Gasteiger partial charge on any atom is -0.510 e. The van der Waals surface area contributed by atoms with Crippen molar-refractivity contribution >= 4 is 29.1 Å². The van der Waals surface area contributed by atoms with Crippen LogP contribution in [0.1, 0.15) is 139 Å². The zero-order chi connectivity index (χ0) is 45.5. The van der Waals surface area contributed by atoms with Crippen LogP contribution in [-0.4, -0.2) is 47.9 Å². The number of aliphatic imine (C=N–C) groups is 3. The van der Waals surface area contributed by atoms with Gasteiger partial charge in [0.2, 0.25) is 0 Å². The summed E-state index contributed by atoms with van der Waals surface area (Å²) in [7, 11) is 1.33. The number of ether oxygens (including phenoxy) is 2. The van der Waals surface area contributed by atoms with E-state index in [4.69, 9.17) is 24.5 Å². The third-order valence-corrected chi connectivity index (χ3v) is 13.9. The fourth-order valence-corrected chi connectivity index (χ4v) is 9.86. The number of hydrogen-bond donors (Lipinski definition) is 2. The van der Waals surface area contributed by atoms with Crippen LogP contribution < -0.4 is 5.32 Å². The molecule has 338 valence electrons. The van der Waals surface area contributed by atoms with Crippen molar-refractivity contribution in [2.75, 3.05) is 13.7 Å². The average Bonchev–Trinajstić information content (AvgIpc) is 4.01. The first-order valence-electron chi connectivity index (χ1n) is 23.7. The van der Waals surface area contributed by atoms with Crippen LogP contribution in [0.4, 0.5) is 0 Å². The summed E-state index contributed by atoms with van der Waals surface area (Å²) in [6.45, 7) is 24.1. The Kier molecular flexibility index (Phi) is 15.9. The molecule has 0 amide bonds. The van der Waals surface area contributed by atoms with Crippen LogP contribution in [0.5, 0.6) is 0 Å². The quantitative estimate of drug-likeness (QED) is 0.0929. The van der Waals surface area contributed by atoms with E-state index in [1.807, 2.05) is 38.2 Å². The van der Waals surface area contributed by atoms with Gasteiger partial charge < -0.3 is 19.9 Å². The van der Waals surface area contributed by atoms with Crippen LogP contribution in [-0.2, 0) is 19.1 Å². The van der Waals surface area contributed by atoms with Crippen molar-refractivity contribution < 1.29 is 24.2 Å². The van der Waals surface area contributed by atoms with Crippen LogP contribution in [0.25, 0.3) is 0 Å². The highest BCUT2D eigenvalue weighted by Gasteiger charge is 2.49. The highest BCUT2D eigenvalue weighted by Crippen LogP contribution is 2.49. The van der Waals surface area contributed by atoms with Crippen molar-refractivity contribution in [1.29, 1.82) is 0 Å². The van der Waals surface area contributed by atoms with Gasteiger partial charge in [0.1, 0.15) is 18.3 Å². The number of aliphatic hydroxyl groups is 1. The number of esters is 2. The van der Waals surface area contributed by atoms with Gasteiger partial charge in [-0.1, -0.05) is 105 Å². The Balaban J connectivity index is 1.18. The summed E-state index contributed by atoms with van der Waals surface area (Å²) in [6, 6.07) is 0. The van der Waals surface area contributed by atoms with E-state index in [0.717, 1.165) is 93.5 Å². The van der Waals surface area contributed by atoms with Crippen LogP contribution >= 0.6 is 0 Å². The molecule has 1 saturated heterocycles. The number of carbonyl (C=O) groups excluding carboxylic acids is 2. The lowest BCUT2D eigenvalue weighted by Crippen LogP contribution is -2.25. The van der Waals surface area contributed by atoms with Crippen molar-refractivity contribution in [2.24, 2.45) is 50.5 Å². The largest absolute Gasteiger partial charge is 0.510 e. The average molecular weight is 857 g/mol. The zero-order valence-electron chi connectivity index (χ0n) is 39.7. The molecule has 5 aliphatic heterocycles.